The lowest BCUT2D eigenvalue weighted by Gasteiger charge is -2.30. The normalized spacial score (nSPS) is 19.1. The van der Waals surface area contributed by atoms with Crippen molar-refractivity contribution < 1.29 is 19.8 Å². The van der Waals surface area contributed by atoms with Gasteiger partial charge >= 0.3 is 5.97 Å². The number of nitrogens with one attached hydrogen (secondary N) is 1. The lowest BCUT2D eigenvalue weighted by molar-refractivity contribution is -0.143. The number of carboxylic acids is 1. The van der Waals surface area contributed by atoms with Gasteiger partial charge in [-0.1, -0.05) is 19.3 Å². The van der Waals surface area contributed by atoms with Crippen LogP contribution in [0.15, 0.2) is 0 Å². The molecule has 0 aromatic heterocycles. The van der Waals surface area contributed by atoms with E-state index in [1.807, 2.05) is 0 Å². The van der Waals surface area contributed by atoms with E-state index in [0.717, 1.165) is 19.3 Å². The lowest BCUT2D eigenvalue weighted by Crippen LogP contribution is -2.48. The molecule has 1 aliphatic rings. The predicted molar refractivity (Wildman–Crippen MR) is 57.9 cm³/mol. The van der Waals surface area contributed by atoms with E-state index >= 15 is 0 Å². The number of hydrogen-bond acceptors (Lipinski definition) is 3. The van der Waals surface area contributed by atoms with E-state index in [9.17, 15) is 14.7 Å². The summed E-state index contributed by atoms with van der Waals surface area (Å²) >= 11 is 0. The number of hydrogen-bond donors (Lipinski definition) is 3. The number of rotatable bonds is 5. The van der Waals surface area contributed by atoms with Crippen LogP contribution in [-0.4, -0.2) is 34.2 Å². The molecule has 5 nitrogen and oxygen atoms in total. The Bertz CT molecular complexity index is 259. The summed E-state index contributed by atoms with van der Waals surface area (Å²) in [5, 5.41) is 21.0. The van der Waals surface area contributed by atoms with Crippen molar-refractivity contribution in [3.05, 3.63) is 0 Å². The highest BCUT2D eigenvalue weighted by molar-refractivity contribution is 5.84. The van der Waals surface area contributed by atoms with E-state index in [2.05, 4.69) is 5.32 Å². The molecule has 0 aliphatic heterocycles. The highest BCUT2D eigenvalue weighted by Crippen LogP contribution is 2.27. The van der Waals surface area contributed by atoms with Crippen molar-refractivity contribution in [1.29, 1.82) is 0 Å². The van der Waals surface area contributed by atoms with Crippen molar-refractivity contribution in [3.63, 3.8) is 0 Å². The summed E-state index contributed by atoms with van der Waals surface area (Å²) in [4.78, 5) is 21.9. The summed E-state index contributed by atoms with van der Waals surface area (Å²) in [6.07, 6.45) is 4.28. The molecule has 0 radical (unpaired) electrons. The van der Waals surface area contributed by atoms with Crippen LogP contribution in [0.3, 0.4) is 0 Å². The highest BCUT2D eigenvalue weighted by atomic mass is 16.4. The van der Waals surface area contributed by atoms with Crippen molar-refractivity contribution in [1.82, 2.24) is 5.32 Å². The first-order valence-electron chi connectivity index (χ1n) is 5.77. The molecule has 16 heavy (non-hydrogen) atoms. The van der Waals surface area contributed by atoms with Gasteiger partial charge in [0.05, 0.1) is 0 Å². The largest absolute Gasteiger partial charge is 0.481 e. The minimum atomic E-state index is -1.22. The van der Waals surface area contributed by atoms with Crippen LogP contribution in [0.5, 0.6) is 0 Å². The fraction of sp³-hybridized carbons (Fsp3) is 0.818. The number of aliphatic hydroxyl groups is 1. The zero-order chi connectivity index (χ0) is 12.0. The molecule has 0 bridgehead atoms. The second-order valence-corrected chi connectivity index (χ2v) is 4.35. The zero-order valence-corrected chi connectivity index (χ0v) is 9.37. The molecule has 92 valence electrons. The smallest absolute Gasteiger partial charge is 0.303 e. The molecule has 1 saturated carbocycles. The maximum Gasteiger partial charge on any atom is 0.303 e. The van der Waals surface area contributed by atoms with Gasteiger partial charge in [0.1, 0.15) is 5.60 Å². The predicted octanol–water partition coefficient (Wildman–Crippen LogP) is 0.663. The fourth-order valence-electron chi connectivity index (χ4n) is 1.97. The zero-order valence-electron chi connectivity index (χ0n) is 9.37. The van der Waals surface area contributed by atoms with Crippen molar-refractivity contribution in [3.8, 4) is 0 Å². The number of carbonyl (C=O) groups excluding carboxylic acids is 1. The summed E-state index contributed by atoms with van der Waals surface area (Å²) < 4.78 is 0. The van der Waals surface area contributed by atoms with Gasteiger partial charge in [0.15, 0.2) is 0 Å². The number of amides is 1. The quantitative estimate of drug-likeness (QED) is 0.604. The summed E-state index contributed by atoms with van der Waals surface area (Å²) in [6, 6.07) is 0. The molecule has 0 atom stereocenters. The van der Waals surface area contributed by atoms with Gasteiger partial charge in [-0.05, 0) is 19.3 Å². The first-order chi connectivity index (χ1) is 7.54. The fourth-order valence-corrected chi connectivity index (χ4v) is 1.97. The SMILES string of the molecule is O=C(O)CCCNC(=O)C1(O)CCCCC1. The number of aliphatic carboxylic acids is 1. The lowest BCUT2D eigenvalue weighted by atomic mass is 9.84. The van der Waals surface area contributed by atoms with Crippen molar-refractivity contribution in [2.24, 2.45) is 0 Å². The van der Waals surface area contributed by atoms with Crippen LogP contribution in [0.2, 0.25) is 0 Å². The molecule has 5 heteroatoms. The molecule has 1 aliphatic carbocycles. The summed E-state index contributed by atoms with van der Waals surface area (Å²) in [5.74, 6) is -1.22. The average molecular weight is 229 g/mol. The summed E-state index contributed by atoms with van der Waals surface area (Å²) in [5.41, 5.74) is -1.22. The third-order valence-electron chi connectivity index (χ3n) is 2.96. The minimum absolute atomic E-state index is 0.0404. The molecule has 0 unspecified atom stereocenters. The second-order valence-electron chi connectivity index (χ2n) is 4.35. The summed E-state index contributed by atoms with van der Waals surface area (Å²) in [6.45, 7) is 0.313. The Kier molecular flexibility index (Phi) is 4.73. The van der Waals surface area contributed by atoms with Crippen molar-refractivity contribution >= 4 is 11.9 Å². The molecule has 1 rings (SSSR count). The standard InChI is InChI=1S/C11H19NO4/c13-9(14)5-4-8-12-10(15)11(16)6-2-1-3-7-11/h16H,1-8H2,(H,12,15)(H,13,14). The van der Waals surface area contributed by atoms with E-state index < -0.39 is 11.6 Å². The Hall–Kier alpha value is -1.10. The van der Waals surface area contributed by atoms with Crippen LogP contribution < -0.4 is 5.32 Å². The van der Waals surface area contributed by atoms with Gasteiger partial charge in [-0.15, -0.1) is 0 Å². The maximum absolute atomic E-state index is 11.7. The van der Waals surface area contributed by atoms with Crippen LogP contribution >= 0.6 is 0 Å². The highest BCUT2D eigenvalue weighted by Gasteiger charge is 2.36. The van der Waals surface area contributed by atoms with E-state index in [0.29, 0.717) is 25.8 Å². The second kappa shape index (κ2) is 5.84. The Morgan fingerprint density at radius 2 is 1.81 bits per heavy atom. The van der Waals surface area contributed by atoms with Crippen LogP contribution in [-0.2, 0) is 9.59 Å². The van der Waals surface area contributed by atoms with Crippen LogP contribution in [0.25, 0.3) is 0 Å². The van der Waals surface area contributed by atoms with Gasteiger partial charge < -0.3 is 15.5 Å². The molecule has 3 N–H and O–H groups in total. The van der Waals surface area contributed by atoms with Gasteiger partial charge in [0, 0.05) is 13.0 Å². The molecule has 0 aromatic carbocycles. The van der Waals surface area contributed by atoms with Gasteiger partial charge in [-0.3, -0.25) is 9.59 Å². The first-order valence-corrected chi connectivity index (χ1v) is 5.77. The molecule has 1 amide bonds. The molecule has 0 spiro atoms. The topological polar surface area (TPSA) is 86.6 Å². The molecule has 0 saturated heterocycles. The van der Waals surface area contributed by atoms with Crippen LogP contribution in [0, 0.1) is 0 Å². The van der Waals surface area contributed by atoms with E-state index in [1.54, 1.807) is 0 Å². The van der Waals surface area contributed by atoms with Gasteiger partial charge in [-0.25, -0.2) is 0 Å². The van der Waals surface area contributed by atoms with E-state index in [-0.39, 0.29) is 12.3 Å². The van der Waals surface area contributed by atoms with Crippen LogP contribution in [0.1, 0.15) is 44.9 Å². The number of carboxylic acid groups (broad SMARTS) is 1. The molecule has 0 aromatic rings. The van der Waals surface area contributed by atoms with E-state index in [1.165, 1.54) is 0 Å². The Labute approximate surface area is 94.8 Å². The molecular formula is C11H19NO4. The van der Waals surface area contributed by atoms with Crippen LogP contribution in [0.4, 0.5) is 0 Å². The maximum atomic E-state index is 11.7. The monoisotopic (exact) mass is 229 g/mol. The number of carbonyl (C=O) groups is 2. The Balaban J connectivity index is 2.25. The average Bonchev–Trinajstić information content (AvgIpc) is 2.25. The van der Waals surface area contributed by atoms with Crippen molar-refractivity contribution in [2.45, 2.75) is 50.5 Å². The summed E-state index contributed by atoms with van der Waals surface area (Å²) in [7, 11) is 0. The van der Waals surface area contributed by atoms with E-state index in [4.69, 9.17) is 5.11 Å². The van der Waals surface area contributed by atoms with Gasteiger partial charge in [0.2, 0.25) is 0 Å². The molecule has 0 heterocycles. The third kappa shape index (κ3) is 3.81. The van der Waals surface area contributed by atoms with Gasteiger partial charge in [0.25, 0.3) is 5.91 Å². The third-order valence-corrected chi connectivity index (χ3v) is 2.96. The van der Waals surface area contributed by atoms with Crippen molar-refractivity contribution in [2.75, 3.05) is 6.54 Å². The Morgan fingerprint density at radius 1 is 1.19 bits per heavy atom. The Morgan fingerprint density at radius 3 is 2.38 bits per heavy atom. The van der Waals surface area contributed by atoms with Gasteiger partial charge in [-0.2, -0.15) is 0 Å². The first kappa shape index (κ1) is 13.0. The molecule has 1 fully saturated rings. The molecular weight excluding hydrogens is 210 g/mol. The minimum Gasteiger partial charge on any atom is -0.481 e.